The van der Waals surface area contributed by atoms with Gasteiger partial charge in [-0.3, -0.25) is 19.1 Å². The lowest BCUT2D eigenvalue weighted by atomic mass is 9.58. The minimum Gasteiger partial charge on any atom is -0.497 e. The van der Waals surface area contributed by atoms with Crippen LogP contribution in [-0.4, -0.2) is 102 Å². The number of methoxy groups -OCH3 is 1. The number of aryl methyl sites for hydroxylation is 1. The van der Waals surface area contributed by atoms with Crippen molar-refractivity contribution in [2.45, 2.75) is 140 Å². The first-order chi connectivity index (χ1) is 28.4. The van der Waals surface area contributed by atoms with E-state index in [0.717, 1.165) is 44.9 Å². The van der Waals surface area contributed by atoms with Crippen LogP contribution in [0, 0.1) is 35.0 Å². The van der Waals surface area contributed by atoms with Gasteiger partial charge in [-0.15, -0.1) is 0 Å². The maximum Gasteiger partial charge on any atom is 0.408 e. The summed E-state index contributed by atoms with van der Waals surface area (Å²) >= 11 is 0. The molecule has 9 rings (SSSR count). The molecule has 5 saturated carbocycles. The number of rotatable bonds is 7. The standard InChI is InChI=1S/C42H56F2N6O9S/c1-21-32-20-50(33(21)36(51)48-42(19-27(42)35(43)44)39(53)49-60(55,56)25-12-13-25)38(52)34(41(2,3)4)47-40(54)59-31-17-22-15-23(16-22)26(31)9-7-6-8-10-29-37(58-32)46-30-18-24(57-5)11-14-28(30)45-29/h11,14,18,21-23,25-27,31-35H,6-10,12-13,15-17,19-20H2,1-5H3,(H,47,54)(H,48,51)(H,49,53)/t21-,22?,23?,26+,27+,31+,32+,33+,34-,42-/m1/s1. The Morgan fingerprint density at radius 3 is 2.43 bits per heavy atom. The molecule has 0 radical (unpaired) electrons. The Labute approximate surface area is 348 Å². The molecule has 6 fully saturated rings. The van der Waals surface area contributed by atoms with Crippen molar-refractivity contribution < 1.29 is 50.6 Å². The average molecular weight is 859 g/mol. The number of fused-ring (bicyclic) bond motifs is 4. The average Bonchev–Trinajstić information content (AvgIpc) is 4.10. The van der Waals surface area contributed by atoms with Crippen LogP contribution in [0.15, 0.2) is 18.2 Å². The van der Waals surface area contributed by atoms with Crippen molar-refractivity contribution in [3.63, 3.8) is 0 Å². The minimum atomic E-state index is -4.15. The van der Waals surface area contributed by atoms with E-state index < -0.39 is 92.9 Å². The van der Waals surface area contributed by atoms with E-state index in [4.69, 9.17) is 24.2 Å². The number of hydrogen-bond acceptors (Lipinski definition) is 11. The summed E-state index contributed by atoms with van der Waals surface area (Å²) in [7, 11) is -2.61. The molecule has 1 aromatic carbocycles. The number of benzene rings is 1. The molecule has 4 amide bonds. The molecule has 1 aromatic heterocycles. The molecule has 0 unspecified atom stereocenters. The molecule has 328 valence electrons. The third kappa shape index (κ3) is 8.20. The van der Waals surface area contributed by atoms with Crippen LogP contribution >= 0.6 is 0 Å². The summed E-state index contributed by atoms with van der Waals surface area (Å²) in [5.41, 5.74) is -1.41. The molecule has 0 spiro atoms. The Hall–Kier alpha value is -4.35. The number of hydrogen-bond donors (Lipinski definition) is 3. The van der Waals surface area contributed by atoms with Crippen LogP contribution in [0.3, 0.4) is 0 Å². The number of amides is 4. The number of nitrogens with one attached hydrogen (secondary N) is 3. The van der Waals surface area contributed by atoms with Crippen LogP contribution in [0.25, 0.3) is 11.0 Å². The van der Waals surface area contributed by atoms with Gasteiger partial charge in [0.05, 0.1) is 35.9 Å². The highest BCUT2D eigenvalue weighted by Gasteiger charge is 2.67. The zero-order valence-electron chi connectivity index (χ0n) is 34.7. The zero-order chi connectivity index (χ0) is 42.9. The summed E-state index contributed by atoms with van der Waals surface area (Å²) in [6, 6.07) is 2.73. The maximum absolute atomic E-state index is 14.9. The van der Waals surface area contributed by atoms with Crippen molar-refractivity contribution in [1.82, 2.24) is 30.2 Å². The number of carbonyl (C=O) groups is 4. The van der Waals surface area contributed by atoms with Gasteiger partial charge in [-0.05, 0) is 93.1 Å². The molecular formula is C42H56F2N6O9S. The first kappa shape index (κ1) is 42.3. The molecule has 1 saturated heterocycles. The summed E-state index contributed by atoms with van der Waals surface area (Å²) in [6.07, 6.45) is 2.16. The fourth-order valence-electron chi connectivity index (χ4n) is 9.97. The molecule has 2 aromatic rings. The van der Waals surface area contributed by atoms with E-state index in [2.05, 4.69) is 10.6 Å². The van der Waals surface area contributed by atoms with Crippen LogP contribution in [0.1, 0.15) is 97.6 Å². The van der Waals surface area contributed by atoms with Crippen LogP contribution in [0.4, 0.5) is 13.6 Å². The Morgan fingerprint density at radius 2 is 1.77 bits per heavy atom. The smallest absolute Gasteiger partial charge is 0.408 e. The molecule has 18 heteroatoms. The number of alkyl carbamates (subject to hydrolysis) is 1. The molecule has 3 N–H and O–H groups in total. The molecular weight excluding hydrogens is 803 g/mol. The van der Waals surface area contributed by atoms with E-state index in [0.29, 0.717) is 53.6 Å². The van der Waals surface area contributed by atoms with Crippen LogP contribution in [0.2, 0.25) is 0 Å². The second-order valence-corrected chi connectivity index (χ2v) is 21.0. The second-order valence-electron chi connectivity index (χ2n) is 19.0. The highest BCUT2D eigenvalue weighted by Crippen LogP contribution is 2.52. The molecule has 3 heterocycles. The number of halogens is 2. The van der Waals surface area contributed by atoms with Gasteiger partial charge in [0.25, 0.3) is 5.91 Å². The third-order valence-corrected chi connectivity index (χ3v) is 15.6. The highest BCUT2D eigenvalue weighted by atomic mass is 32.2. The Bertz CT molecular complexity index is 2140. The van der Waals surface area contributed by atoms with E-state index in [-0.39, 0.29) is 24.4 Å². The number of aromatic nitrogens is 2. The second kappa shape index (κ2) is 15.8. The SMILES string of the molecule is COc1ccc2nc3c(nc2c1)O[C@H]1CN(C(=O)[C@H](C(C)(C)C)NC(=O)O[C@H]2CC4CC(C4)[C@@H]2CCCCC3)[C@H](C(=O)N[C@]2(C(=O)NS(=O)(=O)C3CC3)C[C@H]2C(F)F)[C@@H]1C. The first-order valence-electron chi connectivity index (χ1n) is 21.3. The van der Waals surface area contributed by atoms with Crippen LogP contribution < -0.4 is 24.8 Å². The van der Waals surface area contributed by atoms with Gasteiger partial charge in [-0.1, -0.05) is 40.5 Å². The van der Waals surface area contributed by atoms with E-state index in [1.807, 2.05) is 10.8 Å². The number of carbonyl (C=O) groups excluding carboxylic acids is 4. The fourth-order valence-corrected chi connectivity index (χ4v) is 11.3. The van der Waals surface area contributed by atoms with E-state index in [1.165, 1.54) is 4.90 Å². The van der Waals surface area contributed by atoms with E-state index in [9.17, 15) is 36.4 Å². The number of sulfonamides is 1. The van der Waals surface area contributed by atoms with Gasteiger partial charge >= 0.3 is 6.09 Å². The normalized spacial score (nSPS) is 33.5. The minimum absolute atomic E-state index is 0.180. The van der Waals surface area contributed by atoms with Gasteiger partial charge in [0, 0.05) is 12.0 Å². The first-order valence-corrected chi connectivity index (χ1v) is 22.9. The molecule has 60 heavy (non-hydrogen) atoms. The van der Waals surface area contributed by atoms with Gasteiger partial charge in [0.2, 0.25) is 34.1 Å². The van der Waals surface area contributed by atoms with Gasteiger partial charge in [-0.2, -0.15) is 0 Å². The van der Waals surface area contributed by atoms with Crippen molar-refractivity contribution in [2.24, 2.45) is 35.0 Å². The lowest BCUT2D eigenvalue weighted by molar-refractivity contribution is -0.144. The predicted octanol–water partition coefficient (Wildman–Crippen LogP) is 4.65. The highest BCUT2D eigenvalue weighted by molar-refractivity contribution is 7.91. The van der Waals surface area contributed by atoms with Crippen molar-refractivity contribution >= 4 is 44.9 Å². The Kier molecular flexibility index (Phi) is 11.2. The molecule has 2 aliphatic heterocycles. The molecule has 8 atom stereocenters. The quantitative estimate of drug-likeness (QED) is 0.351. The molecule has 4 bridgehead atoms. The van der Waals surface area contributed by atoms with Crippen LogP contribution in [-0.2, 0) is 35.6 Å². The maximum atomic E-state index is 14.9. The van der Waals surface area contributed by atoms with E-state index in [1.54, 1.807) is 46.9 Å². The Balaban J connectivity index is 1.15. The summed E-state index contributed by atoms with van der Waals surface area (Å²) in [5, 5.41) is 4.51. The Morgan fingerprint density at radius 1 is 1.02 bits per heavy atom. The predicted molar refractivity (Wildman–Crippen MR) is 213 cm³/mol. The van der Waals surface area contributed by atoms with Crippen molar-refractivity contribution in [3.05, 3.63) is 23.9 Å². The van der Waals surface area contributed by atoms with Crippen LogP contribution in [0.5, 0.6) is 11.6 Å². The fraction of sp³-hybridized carbons (Fsp3) is 0.714. The number of nitrogens with zero attached hydrogens (tertiary/aromatic N) is 3. The topological polar surface area (TPSA) is 195 Å². The largest absolute Gasteiger partial charge is 0.497 e. The van der Waals surface area contributed by atoms with Gasteiger partial charge in [0.1, 0.15) is 41.3 Å². The summed E-state index contributed by atoms with van der Waals surface area (Å²) < 4.78 is 74.3. The van der Waals surface area contributed by atoms with Crippen molar-refractivity contribution in [1.29, 1.82) is 0 Å². The third-order valence-electron chi connectivity index (χ3n) is 13.8. The monoisotopic (exact) mass is 858 g/mol. The summed E-state index contributed by atoms with van der Waals surface area (Å²) in [4.78, 5) is 68.0. The van der Waals surface area contributed by atoms with Gasteiger partial charge < -0.3 is 29.7 Å². The zero-order valence-corrected chi connectivity index (χ0v) is 35.6. The molecule has 7 aliphatic rings. The van der Waals surface area contributed by atoms with Gasteiger partial charge in [0.15, 0.2) is 0 Å². The number of ether oxygens (including phenoxy) is 3. The number of alkyl halides is 2. The lowest BCUT2D eigenvalue weighted by Gasteiger charge is -2.50. The molecule has 15 nitrogen and oxygen atoms in total. The summed E-state index contributed by atoms with van der Waals surface area (Å²) in [5.74, 6) is -3.40. The van der Waals surface area contributed by atoms with E-state index >= 15 is 0 Å². The van der Waals surface area contributed by atoms with Crippen molar-refractivity contribution in [2.75, 3.05) is 13.7 Å². The van der Waals surface area contributed by atoms with Crippen molar-refractivity contribution in [3.8, 4) is 11.6 Å². The summed E-state index contributed by atoms with van der Waals surface area (Å²) in [6.45, 7) is 6.80. The lowest BCUT2D eigenvalue weighted by Crippen LogP contribution is -2.61. The molecule has 5 aliphatic carbocycles. The van der Waals surface area contributed by atoms with Gasteiger partial charge in [-0.25, -0.2) is 32.0 Å².